The summed E-state index contributed by atoms with van der Waals surface area (Å²) in [6.45, 7) is 0.0183. The van der Waals surface area contributed by atoms with Crippen molar-refractivity contribution in [3.63, 3.8) is 0 Å². The van der Waals surface area contributed by atoms with Gasteiger partial charge in [0.2, 0.25) is 0 Å². The van der Waals surface area contributed by atoms with E-state index in [0.717, 1.165) is 18.2 Å². The van der Waals surface area contributed by atoms with E-state index in [0.29, 0.717) is 22.3 Å². The third-order valence-corrected chi connectivity index (χ3v) is 3.37. The van der Waals surface area contributed by atoms with Crippen molar-refractivity contribution < 1.29 is 17.6 Å². The van der Waals surface area contributed by atoms with Crippen LogP contribution in [0.5, 0.6) is 0 Å². The summed E-state index contributed by atoms with van der Waals surface area (Å²) in [7, 11) is 0. The lowest BCUT2D eigenvalue weighted by molar-refractivity contribution is 0.252. The zero-order valence-corrected chi connectivity index (χ0v) is 11.1. The van der Waals surface area contributed by atoms with E-state index in [9.17, 15) is 17.6 Å². The predicted octanol–water partition coefficient (Wildman–Crippen LogP) is 4.89. The van der Waals surface area contributed by atoms with Gasteiger partial charge in [0, 0.05) is 22.7 Å². The number of hydrogen-bond acceptors (Lipinski definition) is 2. The number of thioether (sulfide) groups is 1. The van der Waals surface area contributed by atoms with Gasteiger partial charge in [0.05, 0.1) is 0 Å². The Kier molecular flexibility index (Phi) is 4.89. The molecule has 1 nitrogen and oxygen atoms in total. The summed E-state index contributed by atoms with van der Waals surface area (Å²) in [5.41, 5.74) is 0.600. The Morgan fingerprint density at radius 2 is 1.80 bits per heavy atom. The highest BCUT2D eigenvalue weighted by molar-refractivity contribution is 7.99. The molecule has 1 N–H and O–H groups in total. The van der Waals surface area contributed by atoms with Gasteiger partial charge in [-0.15, -0.1) is 0 Å². The summed E-state index contributed by atoms with van der Waals surface area (Å²) >= 11 is 0.404. The maximum atomic E-state index is 13.5. The Morgan fingerprint density at radius 3 is 2.55 bits per heavy atom. The van der Waals surface area contributed by atoms with E-state index < -0.39 is 17.4 Å². The van der Waals surface area contributed by atoms with Crippen molar-refractivity contribution in [3.05, 3.63) is 59.7 Å². The third-order valence-electron chi connectivity index (χ3n) is 2.58. The van der Waals surface area contributed by atoms with Crippen molar-refractivity contribution in [1.29, 1.82) is 0 Å². The molecule has 0 radical (unpaired) electrons. The lowest BCUT2D eigenvalue weighted by Crippen LogP contribution is -2.03. The van der Waals surface area contributed by atoms with E-state index >= 15 is 0 Å². The zero-order chi connectivity index (χ0) is 14.5. The maximum absolute atomic E-state index is 13.5. The minimum atomic E-state index is -2.54. The molecular formula is C14H11F4NS. The molecule has 0 fully saturated rings. The molecule has 0 heterocycles. The van der Waals surface area contributed by atoms with Gasteiger partial charge in [-0.25, -0.2) is 8.78 Å². The van der Waals surface area contributed by atoms with Crippen LogP contribution in [0, 0.1) is 11.6 Å². The quantitative estimate of drug-likeness (QED) is 0.623. The number of hydrogen-bond donors (Lipinski definition) is 1. The third kappa shape index (κ3) is 3.90. The Labute approximate surface area is 118 Å². The number of rotatable bonds is 5. The van der Waals surface area contributed by atoms with Gasteiger partial charge in [0.15, 0.2) is 0 Å². The molecule has 0 bridgehead atoms. The number of nitrogens with one attached hydrogen (secondary N) is 1. The molecule has 0 aliphatic rings. The van der Waals surface area contributed by atoms with Crippen molar-refractivity contribution in [1.82, 2.24) is 0 Å². The van der Waals surface area contributed by atoms with Gasteiger partial charge in [-0.3, -0.25) is 0 Å². The second-order valence-corrected chi connectivity index (χ2v) is 5.00. The van der Waals surface area contributed by atoms with Crippen LogP contribution < -0.4 is 5.32 Å². The molecule has 0 amide bonds. The van der Waals surface area contributed by atoms with Crippen LogP contribution in [0.2, 0.25) is 0 Å². The van der Waals surface area contributed by atoms with Crippen molar-refractivity contribution in [2.75, 3.05) is 5.32 Å². The fraction of sp³-hybridized carbons (Fsp3) is 0.143. The first-order chi connectivity index (χ1) is 9.56. The number of halogens is 4. The molecule has 0 saturated carbocycles. The molecule has 0 spiro atoms. The van der Waals surface area contributed by atoms with Crippen LogP contribution in [0.25, 0.3) is 0 Å². The minimum absolute atomic E-state index is 0.0183. The van der Waals surface area contributed by atoms with E-state index in [2.05, 4.69) is 5.32 Å². The van der Waals surface area contributed by atoms with Gasteiger partial charge >= 0.3 is 0 Å². The smallest absolute Gasteiger partial charge is 0.288 e. The molecule has 20 heavy (non-hydrogen) atoms. The van der Waals surface area contributed by atoms with Crippen LogP contribution in [0.15, 0.2) is 47.4 Å². The van der Waals surface area contributed by atoms with Crippen molar-refractivity contribution in [3.8, 4) is 0 Å². The first kappa shape index (κ1) is 14.7. The fourth-order valence-electron chi connectivity index (χ4n) is 1.68. The molecule has 0 aliphatic carbocycles. The average Bonchev–Trinajstić information content (AvgIpc) is 2.41. The average molecular weight is 301 g/mol. The molecule has 0 aliphatic heterocycles. The van der Waals surface area contributed by atoms with E-state index in [1.165, 1.54) is 0 Å². The van der Waals surface area contributed by atoms with Crippen molar-refractivity contribution >= 4 is 17.4 Å². The standard InChI is InChI=1S/C14H11F4NS/c15-10-5-6-11(16)9(7-10)8-19-12-3-1-2-4-13(12)20-14(17)18/h1-7,14,19H,8H2. The number of alkyl halides is 2. The normalized spacial score (nSPS) is 10.8. The summed E-state index contributed by atoms with van der Waals surface area (Å²) in [4.78, 5) is 0.360. The monoisotopic (exact) mass is 301 g/mol. The van der Waals surface area contributed by atoms with E-state index in [4.69, 9.17) is 0 Å². The molecule has 2 rings (SSSR count). The second kappa shape index (κ2) is 6.65. The molecule has 6 heteroatoms. The molecule has 0 atom stereocenters. The van der Waals surface area contributed by atoms with Crippen LogP contribution in [0.3, 0.4) is 0 Å². The summed E-state index contributed by atoms with van der Waals surface area (Å²) in [6.07, 6.45) is 0. The first-order valence-corrected chi connectivity index (χ1v) is 6.66. The van der Waals surface area contributed by atoms with Gasteiger partial charge < -0.3 is 5.32 Å². The Morgan fingerprint density at radius 1 is 1.05 bits per heavy atom. The molecule has 2 aromatic carbocycles. The van der Waals surface area contributed by atoms with E-state index in [1.54, 1.807) is 24.3 Å². The summed E-state index contributed by atoms with van der Waals surface area (Å²) < 4.78 is 51.3. The van der Waals surface area contributed by atoms with Gasteiger partial charge in [0.25, 0.3) is 5.76 Å². The van der Waals surface area contributed by atoms with Crippen LogP contribution in [-0.4, -0.2) is 5.76 Å². The van der Waals surface area contributed by atoms with Crippen molar-refractivity contribution in [2.45, 2.75) is 17.2 Å². The topological polar surface area (TPSA) is 12.0 Å². The number of benzene rings is 2. The molecule has 106 valence electrons. The largest absolute Gasteiger partial charge is 0.380 e. The highest BCUT2D eigenvalue weighted by Crippen LogP contribution is 2.31. The van der Waals surface area contributed by atoms with Crippen LogP contribution >= 0.6 is 11.8 Å². The molecule has 0 aromatic heterocycles. The predicted molar refractivity (Wildman–Crippen MR) is 72.0 cm³/mol. The summed E-state index contributed by atoms with van der Waals surface area (Å²) in [6, 6.07) is 9.61. The Balaban J connectivity index is 2.12. The zero-order valence-electron chi connectivity index (χ0n) is 10.2. The Hall–Kier alpha value is -1.69. The second-order valence-electron chi connectivity index (χ2n) is 3.96. The number of para-hydroxylation sites is 1. The fourth-order valence-corrected chi connectivity index (χ4v) is 2.30. The first-order valence-electron chi connectivity index (χ1n) is 5.78. The lowest BCUT2D eigenvalue weighted by Gasteiger charge is -2.12. The molecular weight excluding hydrogens is 290 g/mol. The molecule has 2 aromatic rings. The van der Waals surface area contributed by atoms with E-state index in [1.807, 2.05) is 0 Å². The van der Waals surface area contributed by atoms with Gasteiger partial charge in [-0.2, -0.15) is 8.78 Å². The van der Waals surface area contributed by atoms with Gasteiger partial charge in [-0.1, -0.05) is 23.9 Å². The highest BCUT2D eigenvalue weighted by atomic mass is 32.2. The maximum Gasteiger partial charge on any atom is 0.288 e. The van der Waals surface area contributed by atoms with Gasteiger partial charge in [0.1, 0.15) is 11.6 Å². The van der Waals surface area contributed by atoms with Crippen LogP contribution in [-0.2, 0) is 6.54 Å². The molecule has 0 unspecified atom stereocenters. The van der Waals surface area contributed by atoms with Gasteiger partial charge in [-0.05, 0) is 30.3 Å². The van der Waals surface area contributed by atoms with E-state index in [-0.39, 0.29) is 12.1 Å². The van der Waals surface area contributed by atoms with Crippen LogP contribution in [0.4, 0.5) is 23.2 Å². The molecule has 0 saturated heterocycles. The lowest BCUT2D eigenvalue weighted by atomic mass is 10.2. The van der Waals surface area contributed by atoms with Crippen LogP contribution in [0.1, 0.15) is 5.56 Å². The van der Waals surface area contributed by atoms with Crippen molar-refractivity contribution in [2.24, 2.45) is 0 Å². The Bertz CT molecular complexity index is 589. The minimum Gasteiger partial charge on any atom is -0.380 e. The summed E-state index contributed by atoms with van der Waals surface area (Å²) in [5.74, 6) is -3.62. The summed E-state index contributed by atoms with van der Waals surface area (Å²) in [5, 5.41) is 2.84. The number of anilines is 1. The highest BCUT2D eigenvalue weighted by Gasteiger charge is 2.10. The SMILES string of the molecule is Fc1ccc(F)c(CNc2ccccc2SC(F)F)c1.